The Balaban J connectivity index is 3.90. The quantitative estimate of drug-likeness (QED) is 0.104. The fourth-order valence-corrected chi connectivity index (χ4v) is 4.01. The molecule has 0 fully saturated rings. The maximum absolute atomic E-state index is 11.9. The Labute approximate surface area is 203 Å². The van der Waals surface area contributed by atoms with Crippen molar-refractivity contribution in [3.05, 3.63) is 0 Å². The van der Waals surface area contributed by atoms with Crippen molar-refractivity contribution in [3.8, 4) is 0 Å². The molecule has 0 saturated carbocycles. The Hall–Kier alpha value is -1.03. The molecule has 0 amide bonds. The number of carbonyl (C=O) groups is 2. The predicted molar refractivity (Wildman–Crippen MR) is 127 cm³/mol. The van der Waals surface area contributed by atoms with Gasteiger partial charge in [-0.15, -0.1) is 0 Å². The van der Waals surface area contributed by atoms with E-state index in [-0.39, 0.29) is 6.42 Å². The molecular formula is C23H45O10P. The van der Waals surface area contributed by atoms with E-state index in [1.54, 1.807) is 0 Å². The first-order chi connectivity index (χ1) is 16.2. The van der Waals surface area contributed by atoms with Crippen LogP contribution in [0.3, 0.4) is 0 Å². The monoisotopic (exact) mass is 512 g/mol. The van der Waals surface area contributed by atoms with Crippen LogP contribution in [0.15, 0.2) is 0 Å². The molecule has 0 saturated heterocycles. The van der Waals surface area contributed by atoms with Gasteiger partial charge in [0.05, 0.1) is 26.4 Å². The second-order valence-corrected chi connectivity index (χ2v) is 9.86. The third-order valence-corrected chi connectivity index (χ3v) is 6.07. The highest BCUT2D eigenvalue weighted by Gasteiger charge is 2.27. The van der Waals surface area contributed by atoms with E-state index in [0.29, 0.717) is 6.42 Å². The molecule has 202 valence electrons. The van der Waals surface area contributed by atoms with Crippen molar-refractivity contribution in [2.24, 2.45) is 0 Å². The third kappa shape index (κ3) is 20.4. The molecule has 0 aromatic rings. The van der Waals surface area contributed by atoms with Gasteiger partial charge in [-0.1, -0.05) is 77.6 Å². The molecule has 0 radical (unpaired) electrons. The van der Waals surface area contributed by atoms with Crippen molar-refractivity contribution >= 4 is 19.8 Å². The lowest BCUT2D eigenvalue weighted by atomic mass is 10.0. The van der Waals surface area contributed by atoms with Crippen LogP contribution in [0.25, 0.3) is 0 Å². The van der Waals surface area contributed by atoms with E-state index in [0.717, 1.165) is 26.2 Å². The lowest BCUT2D eigenvalue weighted by Crippen LogP contribution is -2.28. The summed E-state index contributed by atoms with van der Waals surface area (Å²) in [4.78, 5) is 32.5. The Morgan fingerprint density at radius 3 is 1.56 bits per heavy atom. The summed E-state index contributed by atoms with van der Waals surface area (Å²) >= 11 is 0. The van der Waals surface area contributed by atoms with E-state index in [2.05, 4.69) is 16.2 Å². The molecule has 10 nitrogen and oxygen atoms in total. The van der Waals surface area contributed by atoms with Crippen LogP contribution >= 0.6 is 7.82 Å². The van der Waals surface area contributed by atoms with Crippen LogP contribution in [-0.4, -0.2) is 65.7 Å². The number of rotatable bonds is 23. The zero-order valence-corrected chi connectivity index (χ0v) is 21.7. The van der Waals surface area contributed by atoms with Crippen LogP contribution in [0.5, 0.6) is 0 Å². The van der Waals surface area contributed by atoms with Gasteiger partial charge in [-0.2, -0.15) is 0 Å². The summed E-state index contributed by atoms with van der Waals surface area (Å²) in [6.45, 7) is 1.04. The highest BCUT2D eigenvalue weighted by Crippen LogP contribution is 2.43. The van der Waals surface area contributed by atoms with Gasteiger partial charge in [0.25, 0.3) is 0 Å². The Bertz CT molecular complexity index is 572. The first-order valence-electron chi connectivity index (χ1n) is 12.4. The van der Waals surface area contributed by atoms with Gasteiger partial charge in [-0.25, -0.2) is 4.57 Å². The lowest BCUT2D eigenvalue weighted by Gasteiger charge is -2.20. The highest BCUT2D eigenvalue weighted by molar-refractivity contribution is 7.47. The molecule has 0 aliphatic heterocycles. The Kier molecular flexibility index (Phi) is 20.6. The number of hydrogen-bond acceptors (Lipinski definition) is 9. The van der Waals surface area contributed by atoms with Gasteiger partial charge in [-0.3, -0.25) is 18.6 Å². The number of aliphatic hydroxyl groups is 2. The van der Waals surface area contributed by atoms with E-state index in [4.69, 9.17) is 14.4 Å². The minimum atomic E-state index is -4.57. The molecule has 11 heteroatoms. The maximum Gasteiger partial charge on any atom is 0.472 e. The normalized spacial score (nSPS) is 14.9. The highest BCUT2D eigenvalue weighted by atomic mass is 31.2. The standard InChI is InChI=1S/C23H45O10P/c1-3-4-5-6-7-8-9-10-11-12-13-14-15-23(27)33-22(17-25)19-31-34(28,29)30-18-21(16-24)32-20(2)26/h21-22,24-25H,3-19H2,1-2H3,(H,28,29). The second kappa shape index (κ2) is 21.3. The third-order valence-electron chi connectivity index (χ3n) is 5.12. The molecule has 3 unspecified atom stereocenters. The molecule has 3 atom stereocenters. The lowest BCUT2D eigenvalue weighted by molar-refractivity contribution is -0.153. The molecular weight excluding hydrogens is 467 g/mol. The smallest absolute Gasteiger partial charge is 0.458 e. The van der Waals surface area contributed by atoms with Crippen LogP contribution in [0.1, 0.15) is 97.3 Å². The minimum Gasteiger partial charge on any atom is -0.458 e. The van der Waals surface area contributed by atoms with Crippen molar-refractivity contribution in [1.82, 2.24) is 0 Å². The summed E-state index contributed by atoms with van der Waals surface area (Å²) in [5, 5.41) is 18.4. The summed E-state index contributed by atoms with van der Waals surface area (Å²) in [6, 6.07) is 0. The Morgan fingerprint density at radius 1 is 0.735 bits per heavy atom. The molecule has 3 N–H and O–H groups in total. The molecule has 0 rings (SSSR count). The number of unbranched alkanes of at least 4 members (excludes halogenated alkanes) is 11. The van der Waals surface area contributed by atoms with Crippen LogP contribution < -0.4 is 0 Å². The topological polar surface area (TPSA) is 149 Å². The fraction of sp³-hybridized carbons (Fsp3) is 0.913. The molecule has 34 heavy (non-hydrogen) atoms. The summed E-state index contributed by atoms with van der Waals surface area (Å²) < 4.78 is 31.0. The van der Waals surface area contributed by atoms with E-state index in [9.17, 15) is 24.2 Å². The van der Waals surface area contributed by atoms with Gasteiger partial charge in [0, 0.05) is 13.3 Å². The molecule has 0 bridgehead atoms. The predicted octanol–water partition coefficient (Wildman–Crippen LogP) is 4.04. The summed E-state index contributed by atoms with van der Waals surface area (Å²) in [5.74, 6) is -1.20. The SMILES string of the molecule is CCCCCCCCCCCCCCC(=O)OC(CO)COP(=O)(O)OCC(CO)OC(C)=O. The van der Waals surface area contributed by atoms with E-state index in [1.807, 2.05) is 0 Å². The number of carbonyl (C=O) groups excluding carboxylic acids is 2. The van der Waals surface area contributed by atoms with Gasteiger partial charge in [-0.05, 0) is 6.42 Å². The summed E-state index contributed by atoms with van der Waals surface area (Å²) in [5.41, 5.74) is 0. The number of hydrogen-bond donors (Lipinski definition) is 3. The van der Waals surface area contributed by atoms with Gasteiger partial charge in [0.2, 0.25) is 0 Å². The molecule has 0 heterocycles. The van der Waals surface area contributed by atoms with Gasteiger partial charge < -0.3 is 24.6 Å². The van der Waals surface area contributed by atoms with Crippen LogP contribution in [-0.2, 0) is 32.7 Å². The molecule has 0 aromatic heterocycles. The number of phosphoric acid groups is 1. The molecule has 0 aliphatic carbocycles. The van der Waals surface area contributed by atoms with Crippen LogP contribution in [0.4, 0.5) is 0 Å². The second-order valence-electron chi connectivity index (χ2n) is 8.41. The Morgan fingerprint density at radius 2 is 1.15 bits per heavy atom. The van der Waals surface area contributed by atoms with Crippen LogP contribution in [0, 0.1) is 0 Å². The number of aliphatic hydroxyl groups excluding tert-OH is 2. The van der Waals surface area contributed by atoms with E-state index >= 15 is 0 Å². The zero-order chi connectivity index (χ0) is 25.7. The number of esters is 2. The maximum atomic E-state index is 11.9. The number of ether oxygens (including phenoxy) is 2. The average molecular weight is 513 g/mol. The first kappa shape index (κ1) is 33.0. The average Bonchev–Trinajstić information content (AvgIpc) is 2.79. The van der Waals surface area contributed by atoms with E-state index in [1.165, 1.54) is 51.4 Å². The molecule has 0 aromatic carbocycles. The van der Waals surface area contributed by atoms with Gasteiger partial charge in [0.15, 0.2) is 0 Å². The first-order valence-corrected chi connectivity index (χ1v) is 13.9. The van der Waals surface area contributed by atoms with Crippen molar-refractivity contribution in [2.75, 3.05) is 26.4 Å². The van der Waals surface area contributed by atoms with E-state index < -0.39 is 58.4 Å². The van der Waals surface area contributed by atoms with Crippen LogP contribution in [0.2, 0.25) is 0 Å². The van der Waals surface area contributed by atoms with Crippen molar-refractivity contribution in [2.45, 2.75) is 110 Å². The zero-order valence-electron chi connectivity index (χ0n) is 20.8. The van der Waals surface area contributed by atoms with Crippen molar-refractivity contribution in [1.29, 1.82) is 0 Å². The molecule has 0 aliphatic rings. The van der Waals surface area contributed by atoms with Crippen molar-refractivity contribution < 1.29 is 47.8 Å². The largest absolute Gasteiger partial charge is 0.472 e. The van der Waals surface area contributed by atoms with Crippen molar-refractivity contribution in [3.63, 3.8) is 0 Å². The van der Waals surface area contributed by atoms with Gasteiger partial charge >= 0.3 is 19.8 Å². The summed E-state index contributed by atoms with van der Waals surface area (Å²) in [7, 11) is -4.57. The number of phosphoric ester groups is 1. The summed E-state index contributed by atoms with van der Waals surface area (Å²) in [6.07, 6.45) is 12.1. The van der Waals surface area contributed by atoms with Gasteiger partial charge in [0.1, 0.15) is 12.2 Å². The fourth-order valence-electron chi connectivity index (χ4n) is 3.23. The minimum absolute atomic E-state index is 0.196. The molecule has 0 spiro atoms.